The molecule has 1 aromatic heterocycles. The van der Waals surface area contributed by atoms with E-state index in [0.717, 1.165) is 32.9 Å². The van der Waals surface area contributed by atoms with E-state index in [1.807, 2.05) is 61.6 Å². The Morgan fingerprint density at radius 2 is 1.55 bits per heavy atom. The molecule has 0 fully saturated rings. The number of pyridine rings is 1. The molecule has 0 saturated carbocycles. The largest absolute Gasteiger partial charge is 1.00 e. The van der Waals surface area contributed by atoms with Gasteiger partial charge in [0.2, 0.25) is 11.0 Å². The van der Waals surface area contributed by atoms with E-state index in [1.54, 1.807) is 6.92 Å². The van der Waals surface area contributed by atoms with Crippen LogP contribution < -0.4 is 28.4 Å². The highest BCUT2D eigenvalue weighted by molar-refractivity contribution is 6.17. The molecule has 0 bridgehead atoms. The SMILES string of the molecule is C[C@H](N)C(=O)c1cccc2c1c(-c1ccc(N)cc1)c1ccccc1[n+]2C.Cl.[Cl-]. The first-order valence-corrected chi connectivity index (χ1v) is 8.98. The summed E-state index contributed by atoms with van der Waals surface area (Å²) in [6, 6.07) is 21.3. The maximum atomic E-state index is 12.9. The van der Waals surface area contributed by atoms with E-state index in [0.29, 0.717) is 11.3 Å². The fraction of sp³-hybridized carbons (Fsp3) is 0.130. The number of nitrogen functional groups attached to an aromatic ring is 1. The zero-order chi connectivity index (χ0) is 19.1. The molecule has 0 amide bonds. The van der Waals surface area contributed by atoms with Crippen molar-refractivity contribution in [3.05, 3.63) is 72.3 Å². The summed E-state index contributed by atoms with van der Waals surface area (Å²) in [4.78, 5) is 12.9. The van der Waals surface area contributed by atoms with Crippen LogP contribution in [0.1, 0.15) is 17.3 Å². The summed E-state index contributed by atoms with van der Waals surface area (Å²) < 4.78 is 2.13. The number of nitrogens with zero attached hydrogens (tertiary/aromatic N) is 1. The minimum absolute atomic E-state index is 0. The van der Waals surface area contributed by atoms with E-state index in [-0.39, 0.29) is 30.6 Å². The molecule has 0 spiro atoms. The number of nitrogens with two attached hydrogens (primary N) is 2. The van der Waals surface area contributed by atoms with Gasteiger partial charge < -0.3 is 23.9 Å². The molecule has 1 heterocycles. The zero-order valence-electron chi connectivity index (χ0n) is 16.2. The summed E-state index contributed by atoms with van der Waals surface area (Å²) in [6.07, 6.45) is 0. The first-order valence-electron chi connectivity index (χ1n) is 8.98. The van der Waals surface area contributed by atoms with Crippen molar-refractivity contribution < 1.29 is 21.8 Å². The number of ketones is 1. The molecule has 4 nitrogen and oxygen atoms in total. The highest BCUT2D eigenvalue weighted by Gasteiger charge is 2.24. The van der Waals surface area contributed by atoms with Gasteiger partial charge in [-0.15, -0.1) is 12.4 Å². The molecule has 150 valence electrons. The van der Waals surface area contributed by atoms with Crippen LogP contribution in [0.5, 0.6) is 0 Å². The molecular weight excluding hydrogens is 405 g/mol. The zero-order valence-corrected chi connectivity index (χ0v) is 17.8. The van der Waals surface area contributed by atoms with Gasteiger partial charge in [-0.25, -0.2) is 0 Å². The Bertz CT molecular complexity index is 1190. The first-order chi connectivity index (χ1) is 13.0. The number of benzene rings is 3. The molecule has 0 aliphatic carbocycles. The highest BCUT2D eigenvalue weighted by Crippen LogP contribution is 2.36. The van der Waals surface area contributed by atoms with Crippen molar-refractivity contribution in [2.45, 2.75) is 13.0 Å². The number of aromatic nitrogens is 1. The lowest BCUT2D eigenvalue weighted by Gasteiger charge is -2.14. The predicted octanol–water partition coefficient (Wildman–Crippen LogP) is 1.02. The molecule has 4 aromatic rings. The lowest BCUT2D eigenvalue weighted by atomic mass is 9.90. The van der Waals surface area contributed by atoms with Crippen molar-refractivity contribution in [2.24, 2.45) is 12.8 Å². The quantitative estimate of drug-likeness (QED) is 0.222. The average Bonchev–Trinajstić information content (AvgIpc) is 2.68. The average molecular weight is 428 g/mol. The minimum atomic E-state index is -0.563. The Labute approximate surface area is 182 Å². The molecule has 6 heteroatoms. The van der Waals surface area contributed by atoms with Crippen LogP contribution in [0.3, 0.4) is 0 Å². The molecule has 0 aliphatic heterocycles. The second kappa shape index (κ2) is 8.78. The lowest BCUT2D eigenvalue weighted by molar-refractivity contribution is -0.617. The van der Waals surface area contributed by atoms with Gasteiger partial charge in [-0.3, -0.25) is 4.79 Å². The van der Waals surface area contributed by atoms with Gasteiger partial charge in [0.15, 0.2) is 5.78 Å². The van der Waals surface area contributed by atoms with Crippen molar-refractivity contribution in [3.63, 3.8) is 0 Å². The van der Waals surface area contributed by atoms with E-state index in [2.05, 4.69) is 16.7 Å². The number of hydrogen-bond acceptors (Lipinski definition) is 3. The van der Waals surface area contributed by atoms with E-state index in [1.165, 1.54) is 0 Å². The van der Waals surface area contributed by atoms with Crippen LogP contribution in [-0.4, -0.2) is 11.8 Å². The third-order valence-corrected chi connectivity index (χ3v) is 5.07. The Hall–Kier alpha value is -2.66. The molecule has 4 rings (SSSR count). The minimum Gasteiger partial charge on any atom is -1.00 e. The molecule has 0 unspecified atom stereocenters. The third-order valence-electron chi connectivity index (χ3n) is 5.07. The van der Waals surface area contributed by atoms with Crippen LogP contribution in [0.4, 0.5) is 5.69 Å². The number of fused-ring (bicyclic) bond motifs is 2. The van der Waals surface area contributed by atoms with E-state index in [4.69, 9.17) is 11.5 Å². The van der Waals surface area contributed by atoms with Crippen molar-refractivity contribution in [2.75, 3.05) is 5.73 Å². The predicted molar refractivity (Wildman–Crippen MR) is 118 cm³/mol. The molecule has 0 radical (unpaired) electrons. The van der Waals surface area contributed by atoms with Gasteiger partial charge in [-0.05, 0) is 30.7 Å². The Morgan fingerprint density at radius 3 is 2.21 bits per heavy atom. The van der Waals surface area contributed by atoms with Crippen molar-refractivity contribution in [3.8, 4) is 11.1 Å². The van der Waals surface area contributed by atoms with Crippen molar-refractivity contribution in [1.29, 1.82) is 0 Å². The topological polar surface area (TPSA) is 73.0 Å². The standard InChI is InChI=1S/C23H21N3O.2ClH/c1-14(24)23(27)18-7-5-9-20-22(18)21(15-10-12-16(25)13-11-15)17-6-3-4-8-19(17)26(20)2;;/h3-14,25H,24H2,1-2H3;2*1H/t14-;;/m0../s1. The van der Waals surface area contributed by atoms with Crippen LogP contribution in [0.25, 0.3) is 32.9 Å². The molecule has 29 heavy (non-hydrogen) atoms. The number of rotatable bonds is 3. The summed E-state index contributed by atoms with van der Waals surface area (Å²) in [5.41, 5.74) is 17.3. The number of hydrogen-bond donors (Lipinski definition) is 2. The lowest BCUT2D eigenvalue weighted by Crippen LogP contribution is -3.00. The maximum absolute atomic E-state index is 12.9. The van der Waals surface area contributed by atoms with Gasteiger partial charge in [0, 0.05) is 28.9 Å². The Kier molecular flexibility index (Phi) is 6.85. The summed E-state index contributed by atoms with van der Waals surface area (Å²) in [7, 11) is 2.03. The van der Waals surface area contributed by atoms with Crippen LogP contribution >= 0.6 is 12.4 Å². The van der Waals surface area contributed by atoms with Gasteiger partial charge in [-0.1, -0.05) is 36.4 Å². The van der Waals surface area contributed by atoms with E-state index >= 15 is 0 Å². The first kappa shape index (κ1) is 22.6. The van der Waals surface area contributed by atoms with Gasteiger partial charge in [-0.2, -0.15) is 4.57 Å². The summed E-state index contributed by atoms with van der Waals surface area (Å²) in [5, 5.41) is 2.01. The fourth-order valence-corrected chi connectivity index (χ4v) is 3.72. The van der Waals surface area contributed by atoms with Gasteiger partial charge in [0.1, 0.15) is 7.05 Å². The smallest absolute Gasteiger partial charge is 0.214 e. The number of Topliss-reactive ketones (excluding diaryl/α,β-unsaturated/α-hetero) is 1. The number of aryl methyl sites for hydroxylation is 1. The van der Waals surface area contributed by atoms with Crippen LogP contribution in [0.2, 0.25) is 0 Å². The Balaban J connectivity index is 0.00000150. The number of carbonyl (C=O) groups is 1. The molecule has 0 saturated heterocycles. The highest BCUT2D eigenvalue weighted by atomic mass is 35.5. The number of carbonyl (C=O) groups excluding carboxylic acids is 1. The molecule has 4 N–H and O–H groups in total. The Morgan fingerprint density at radius 1 is 0.931 bits per heavy atom. The summed E-state index contributed by atoms with van der Waals surface area (Å²) in [5.74, 6) is -0.0624. The van der Waals surface area contributed by atoms with Crippen LogP contribution in [0, 0.1) is 0 Å². The summed E-state index contributed by atoms with van der Waals surface area (Å²) in [6.45, 7) is 1.73. The van der Waals surface area contributed by atoms with Gasteiger partial charge in [0.05, 0.1) is 16.8 Å². The van der Waals surface area contributed by atoms with Gasteiger partial charge >= 0.3 is 0 Å². The molecule has 1 atom stereocenters. The van der Waals surface area contributed by atoms with Crippen LogP contribution in [0.15, 0.2) is 66.7 Å². The van der Waals surface area contributed by atoms with E-state index < -0.39 is 6.04 Å². The fourth-order valence-electron chi connectivity index (χ4n) is 3.72. The number of halogens is 2. The van der Waals surface area contributed by atoms with Crippen molar-refractivity contribution in [1.82, 2.24) is 0 Å². The number of anilines is 1. The second-order valence-electron chi connectivity index (χ2n) is 6.93. The maximum Gasteiger partial charge on any atom is 0.214 e. The normalized spacial score (nSPS) is 11.6. The van der Waals surface area contributed by atoms with Crippen LogP contribution in [-0.2, 0) is 7.05 Å². The third kappa shape index (κ3) is 3.79. The molecule has 3 aromatic carbocycles. The second-order valence-corrected chi connectivity index (χ2v) is 6.93. The molecule has 0 aliphatic rings. The number of para-hydroxylation sites is 1. The van der Waals surface area contributed by atoms with Gasteiger partial charge in [0.25, 0.3) is 0 Å². The molecular formula is C23H23Cl2N3O. The van der Waals surface area contributed by atoms with E-state index in [9.17, 15) is 4.79 Å². The monoisotopic (exact) mass is 427 g/mol. The van der Waals surface area contributed by atoms with Crippen molar-refractivity contribution >= 4 is 45.7 Å². The summed E-state index contributed by atoms with van der Waals surface area (Å²) >= 11 is 0.